The van der Waals surface area contributed by atoms with Gasteiger partial charge in [0, 0.05) is 17.5 Å². The van der Waals surface area contributed by atoms with Gasteiger partial charge in [-0.25, -0.2) is 4.79 Å². The second-order valence-electron chi connectivity index (χ2n) is 3.91. The van der Waals surface area contributed by atoms with Crippen LogP contribution in [0.1, 0.15) is 10.5 Å². The lowest BCUT2D eigenvalue weighted by Crippen LogP contribution is -1.99. The highest BCUT2D eigenvalue weighted by Gasteiger charge is 2.16. The number of nitrogens with zero attached hydrogens (tertiary/aromatic N) is 2. The number of aromatic nitrogens is 2. The SMILES string of the molecule is COc1ccc(SC)cc1-c1cc(C(=O)O)nn1C. The van der Waals surface area contributed by atoms with Crippen LogP contribution in [0.25, 0.3) is 11.3 Å². The van der Waals surface area contributed by atoms with E-state index in [0.29, 0.717) is 11.4 Å². The van der Waals surface area contributed by atoms with Crippen molar-refractivity contribution in [3.63, 3.8) is 0 Å². The molecule has 1 heterocycles. The maximum absolute atomic E-state index is 11.0. The fourth-order valence-corrected chi connectivity index (χ4v) is 2.28. The molecule has 0 aliphatic rings. The van der Waals surface area contributed by atoms with Crippen LogP contribution in [0, 0.1) is 0 Å². The second-order valence-corrected chi connectivity index (χ2v) is 4.79. The third kappa shape index (κ3) is 2.58. The highest BCUT2D eigenvalue weighted by molar-refractivity contribution is 7.98. The van der Waals surface area contributed by atoms with Crippen molar-refractivity contribution in [2.24, 2.45) is 7.05 Å². The van der Waals surface area contributed by atoms with Gasteiger partial charge in [-0.3, -0.25) is 4.68 Å². The molecule has 2 aromatic rings. The summed E-state index contributed by atoms with van der Waals surface area (Å²) in [6.45, 7) is 0. The van der Waals surface area contributed by atoms with Gasteiger partial charge in [-0.05, 0) is 30.5 Å². The topological polar surface area (TPSA) is 64.3 Å². The van der Waals surface area contributed by atoms with Crippen LogP contribution in [-0.2, 0) is 7.05 Å². The van der Waals surface area contributed by atoms with E-state index >= 15 is 0 Å². The third-order valence-corrected chi connectivity index (χ3v) is 3.51. The second kappa shape index (κ2) is 5.36. The summed E-state index contributed by atoms with van der Waals surface area (Å²) in [4.78, 5) is 12.0. The lowest BCUT2D eigenvalue weighted by molar-refractivity contribution is 0.0689. The number of methoxy groups -OCH3 is 1. The fraction of sp³-hybridized carbons (Fsp3) is 0.231. The van der Waals surface area contributed by atoms with Gasteiger partial charge in [0.1, 0.15) is 5.75 Å². The van der Waals surface area contributed by atoms with Gasteiger partial charge in [0.25, 0.3) is 0 Å². The van der Waals surface area contributed by atoms with Crippen LogP contribution in [0.4, 0.5) is 0 Å². The molecule has 1 aromatic heterocycles. The first-order valence-corrected chi connectivity index (χ1v) is 6.79. The summed E-state index contributed by atoms with van der Waals surface area (Å²) in [6.07, 6.45) is 1.98. The normalized spacial score (nSPS) is 10.5. The Bertz CT molecular complexity index is 622. The van der Waals surface area contributed by atoms with Crippen molar-refractivity contribution in [2.75, 3.05) is 13.4 Å². The van der Waals surface area contributed by atoms with E-state index in [1.54, 1.807) is 36.7 Å². The van der Waals surface area contributed by atoms with Crippen LogP contribution in [0.3, 0.4) is 0 Å². The quantitative estimate of drug-likeness (QED) is 0.871. The Kier molecular flexibility index (Phi) is 3.80. The monoisotopic (exact) mass is 278 g/mol. The Labute approximate surface area is 115 Å². The molecular weight excluding hydrogens is 264 g/mol. The van der Waals surface area contributed by atoms with Crippen molar-refractivity contribution in [1.82, 2.24) is 9.78 Å². The highest BCUT2D eigenvalue weighted by Crippen LogP contribution is 2.33. The van der Waals surface area contributed by atoms with Gasteiger partial charge in [-0.2, -0.15) is 5.10 Å². The number of hydrogen-bond donors (Lipinski definition) is 1. The highest BCUT2D eigenvalue weighted by atomic mass is 32.2. The van der Waals surface area contributed by atoms with Crippen molar-refractivity contribution < 1.29 is 14.6 Å². The number of aryl methyl sites for hydroxylation is 1. The standard InChI is InChI=1S/C13H14N2O3S/c1-15-11(7-10(14-15)13(16)17)9-6-8(19-3)4-5-12(9)18-2/h4-7H,1-3H3,(H,16,17). The Morgan fingerprint density at radius 3 is 2.68 bits per heavy atom. The molecule has 0 saturated carbocycles. The van der Waals surface area contributed by atoms with Crippen molar-refractivity contribution >= 4 is 17.7 Å². The molecule has 1 aromatic carbocycles. The predicted molar refractivity (Wildman–Crippen MR) is 73.9 cm³/mol. The van der Waals surface area contributed by atoms with Crippen LogP contribution in [0.2, 0.25) is 0 Å². The van der Waals surface area contributed by atoms with E-state index in [9.17, 15) is 4.79 Å². The Balaban J connectivity index is 2.59. The van der Waals surface area contributed by atoms with E-state index < -0.39 is 5.97 Å². The molecule has 0 atom stereocenters. The van der Waals surface area contributed by atoms with E-state index in [4.69, 9.17) is 9.84 Å². The Morgan fingerprint density at radius 1 is 1.42 bits per heavy atom. The Hall–Kier alpha value is -1.95. The van der Waals surface area contributed by atoms with Gasteiger partial charge in [-0.1, -0.05) is 0 Å². The average molecular weight is 278 g/mol. The lowest BCUT2D eigenvalue weighted by Gasteiger charge is -2.10. The number of carboxylic acids is 1. The van der Waals surface area contributed by atoms with Crippen LogP contribution in [0.15, 0.2) is 29.2 Å². The van der Waals surface area contributed by atoms with Gasteiger partial charge in [0.15, 0.2) is 5.69 Å². The number of thioether (sulfide) groups is 1. The molecule has 0 radical (unpaired) electrons. The van der Waals surface area contributed by atoms with Crippen molar-refractivity contribution in [1.29, 1.82) is 0 Å². The van der Waals surface area contributed by atoms with Crippen LogP contribution in [-0.4, -0.2) is 34.2 Å². The molecule has 5 nitrogen and oxygen atoms in total. The summed E-state index contributed by atoms with van der Waals surface area (Å²) in [5.74, 6) is -0.348. The largest absolute Gasteiger partial charge is 0.496 e. The lowest BCUT2D eigenvalue weighted by atomic mass is 10.1. The van der Waals surface area contributed by atoms with Gasteiger partial charge in [-0.15, -0.1) is 11.8 Å². The number of ether oxygens (including phenoxy) is 1. The first kappa shape index (κ1) is 13.5. The summed E-state index contributed by atoms with van der Waals surface area (Å²) in [7, 11) is 3.30. The molecule has 0 fully saturated rings. The molecule has 100 valence electrons. The van der Waals surface area contributed by atoms with E-state index in [-0.39, 0.29) is 5.69 Å². The minimum Gasteiger partial charge on any atom is -0.496 e. The minimum atomic E-state index is -1.04. The number of rotatable bonds is 4. The summed E-state index contributed by atoms with van der Waals surface area (Å²) >= 11 is 1.61. The molecule has 0 spiro atoms. The molecular formula is C13H14N2O3S. The molecule has 0 amide bonds. The number of benzene rings is 1. The average Bonchev–Trinajstić information content (AvgIpc) is 2.80. The van der Waals surface area contributed by atoms with Crippen molar-refractivity contribution in [3.8, 4) is 17.0 Å². The number of aromatic carboxylic acids is 1. The minimum absolute atomic E-state index is 0.0223. The molecule has 0 bridgehead atoms. The zero-order valence-corrected chi connectivity index (χ0v) is 11.7. The van der Waals surface area contributed by atoms with E-state index in [1.165, 1.54) is 0 Å². The van der Waals surface area contributed by atoms with E-state index in [2.05, 4.69) is 5.10 Å². The first-order chi connectivity index (χ1) is 9.06. The molecule has 0 unspecified atom stereocenters. The smallest absolute Gasteiger partial charge is 0.356 e. The summed E-state index contributed by atoms with van der Waals surface area (Å²) < 4.78 is 6.87. The van der Waals surface area contributed by atoms with E-state index in [0.717, 1.165) is 10.5 Å². The maximum Gasteiger partial charge on any atom is 0.356 e. The molecule has 6 heteroatoms. The molecule has 19 heavy (non-hydrogen) atoms. The van der Waals surface area contributed by atoms with Crippen LogP contribution >= 0.6 is 11.8 Å². The molecule has 1 N–H and O–H groups in total. The number of carboxylic acid groups (broad SMARTS) is 1. The Morgan fingerprint density at radius 2 is 2.16 bits per heavy atom. The van der Waals surface area contributed by atoms with Crippen LogP contribution in [0.5, 0.6) is 5.75 Å². The van der Waals surface area contributed by atoms with Crippen molar-refractivity contribution in [2.45, 2.75) is 4.90 Å². The van der Waals surface area contributed by atoms with Crippen LogP contribution < -0.4 is 4.74 Å². The van der Waals surface area contributed by atoms with Gasteiger partial charge in [0.05, 0.1) is 12.8 Å². The third-order valence-electron chi connectivity index (χ3n) is 2.78. The van der Waals surface area contributed by atoms with Gasteiger partial charge >= 0.3 is 5.97 Å². The molecule has 0 saturated heterocycles. The molecule has 0 aliphatic carbocycles. The van der Waals surface area contributed by atoms with E-state index in [1.807, 2.05) is 24.5 Å². The predicted octanol–water partition coefficient (Wildman–Crippen LogP) is 2.52. The maximum atomic E-state index is 11.0. The number of hydrogen-bond acceptors (Lipinski definition) is 4. The summed E-state index contributed by atoms with van der Waals surface area (Å²) in [5, 5.41) is 13.0. The summed E-state index contributed by atoms with van der Waals surface area (Å²) in [5.41, 5.74) is 1.57. The van der Waals surface area contributed by atoms with Gasteiger partial charge in [0.2, 0.25) is 0 Å². The molecule has 2 rings (SSSR count). The number of carbonyl (C=O) groups is 1. The zero-order valence-electron chi connectivity index (χ0n) is 10.9. The van der Waals surface area contributed by atoms with Gasteiger partial charge < -0.3 is 9.84 Å². The van der Waals surface area contributed by atoms with Crippen molar-refractivity contribution in [3.05, 3.63) is 30.0 Å². The molecule has 0 aliphatic heterocycles. The fourth-order valence-electron chi connectivity index (χ4n) is 1.84. The zero-order chi connectivity index (χ0) is 14.0. The summed E-state index contributed by atoms with van der Waals surface area (Å²) in [6, 6.07) is 7.34. The first-order valence-electron chi connectivity index (χ1n) is 5.56.